The second-order valence-electron chi connectivity index (χ2n) is 7.99. The molecular formula is C23H28BF3N3O6. The molecule has 2 amide bonds. The Morgan fingerprint density at radius 2 is 1.78 bits per heavy atom. The number of carbonyl (C=O) groups is 2. The lowest BCUT2D eigenvalue weighted by molar-refractivity contribution is -0.274. The van der Waals surface area contributed by atoms with Crippen molar-refractivity contribution in [3.63, 3.8) is 0 Å². The summed E-state index contributed by atoms with van der Waals surface area (Å²) in [4.78, 5) is 24.9. The molecule has 0 fully saturated rings. The number of ether oxygens (including phenoxy) is 3. The van der Waals surface area contributed by atoms with E-state index < -0.39 is 36.1 Å². The molecule has 1 unspecified atom stereocenters. The van der Waals surface area contributed by atoms with E-state index in [0.29, 0.717) is 11.9 Å². The number of hydrogen-bond acceptors (Lipinski definition) is 7. The van der Waals surface area contributed by atoms with E-state index >= 15 is 0 Å². The number of carbonyl (C=O) groups excluding carboxylic acids is 2. The van der Waals surface area contributed by atoms with Crippen molar-refractivity contribution < 1.29 is 42.0 Å². The van der Waals surface area contributed by atoms with Gasteiger partial charge in [0, 0.05) is 12.1 Å². The first kappa shape index (κ1) is 28.8. The minimum atomic E-state index is -4.87. The summed E-state index contributed by atoms with van der Waals surface area (Å²) in [7, 11) is 0.894. The molecule has 2 rings (SSSR count). The van der Waals surface area contributed by atoms with Crippen molar-refractivity contribution in [1.29, 1.82) is 0 Å². The third-order valence-electron chi connectivity index (χ3n) is 5.06. The van der Waals surface area contributed by atoms with Crippen molar-refractivity contribution in [3.05, 3.63) is 47.5 Å². The molecule has 36 heavy (non-hydrogen) atoms. The smallest absolute Gasteiger partial charge is 0.489 e. The Balaban J connectivity index is 2.23. The number of halogens is 3. The Morgan fingerprint density at radius 1 is 1.11 bits per heavy atom. The van der Waals surface area contributed by atoms with Crippen molar-refractivity contribution in [2.24, 2.45) is 11.5 Å². The van der Waals surface area contributed by atoms with E-state index in [1.54, 1.807) is 12.1 Å². The van der Waals surface area contributed by atoms with Gasteiger partial charge >= 0.3 is 13.8 Å². The highest BCUT2D eigenvalue weighted by molar-refractivity contribution is 6.48. The standard InChI is InChI=1S/C23H28BF3N3O6/c1-3-4-14-7-10-17(19(18(14)24-33)34-12-11-28)35-13-22(2,21(29)32)30-20(31)15-5-8-16(9-6-15)36-23(25,26)27/h5-10,33H,3-4,11-13,28H2,1-2H3,(H2,29,32)(H,30,31). The molecule has 0 saturated carbocycles. The molecule has 0 aliphatic heterocycles. The SMILES string of the molecule is CCCc1ccc(OCC(C)(NC(=O)c2ccc(OC(F)(F)F)cc2)C(N)=O)c(OCCN)c1[B]O. The van der Waals surface area contributed by atoms with Gasteiger partial charge in [0.05, 0.1) is 0 Å². The fraction of sp³-hybridized carbons (Fsp3) is 0.391. The second-order valence-corrected chi connectivity index (χ2v) is 7.99. The lowest BCUT2D eigenvalue weighted by Crippen LogP contribution is -2.59. The highest BCUT2D eigenvalue weighted by atomic mass is 19.4. The first-order chi connectivity index (χ1) is 16.9. The molecule has 2 aromatic carbocycles. The summed E-state index contributed by atoms with van der Waals surface area (Å²) < 4.78 is 52.3. The minimum Gasteiger partial charge on any atom is -0.489 e. The molecule has 9 nitrogen and oxygen atoms in total. The quantitative estimate of drug-likeness (QED) is 0.296. The molecular weight excluding hydrogens is 482 g/mol. The van der Waals surface area contributed by atoms with Crippen LogP contribution in [0.4, 0.5) is 13.2 Å². The summed E-state index contributed by atoms with van der Waals surface area (Å²) in [6, 6.07) is 7.48. The fourth-order valence-corrected chi connectivity index (χ4v) is 3.19. The first-order valence-corrected chi connectivity index (χ1v) is 11.0. The molecule has 195 valence electrons. The predicted molar refractivity (Wildman–Crippen MR) is 126 cm³/mol. The van der Waals surface area contributed by atoms with Gasteiger partial charge in [0.1, 0.15) is 19.0 Å². The van der Waals surface area contributed by atoms with Crippen LogP contribution in [0.15, 0.2) is 36.4 Å². The Bertz CT molecular complexity index is 1050. The molecule has 0 bridgehead atoms. The van der Waals surface area contributed by atoms with E-state index in [1.807, 2.05) is 6.92 Å². The van der Waals surface area contributed by atoms with Crippen molar-refractivity contribution in [2.45, 2.75) is 38.6 Å². The molecule has 0 aliphatic carbocycles. The number of nitrogens with one attached hydrogen (secondary N) is 1. The van der Waals surface area contributed by atoms with E-state index in [2.05, 4.69) is 10.1 Å². The van der Waals surface area contributed by atoms with E-state index in [9.17, 15) is 27.8 Å². The number of hydrogen-bond donors (Lipinski definition) is 4. The number of aryl methyl sites for hydroxylation is 1. The molecule has 2 aromatic rings. The zero-order chi connectivity index (χ0) is 26.9. The number of benzene rings is 2. The first-order valence-electron chi connectivity index (χ1n) is 11.0. The average Bonchev–Trinajstić information content (AvgIpc) is 2.81. The number of alkyl halides is 3. The zero-order valence-electron chi connectivity index (χ0n) is 19.9. The predicted octanol–water partition coefficient (Wildman–Crippen LogP) is 1.16. The summed E-state index contributed by atoms with van der Waals surface area (Å²) in [6.45, 7) is 3.22. The maximum atomic E-state index is 12.7. The van der Waals surface area contributed by atoms with Gasteiger partial charge in [-0.1, -0.05) is 19.4 Å². The van der Waals surface area contributed by atoms with E-state index in [4.69, 9.17) is 20.9 Å². The average molecular weight is 510 g/mol. The van der Waals surface area contributed by atoms with Gasteiger partial charge in [0.25, 0.3) is 5.91 Å². The number of amides is 2. The molecule has 13 heteroatoms. The van der Waals surface area contributed by atoms with Gasteiger partial charge in [-0.15, -0.1) is 13.2 Å². The largest absolute Gasteiger partial charge is 0.573 e. The van der Waals surface area contributed by atoms with Gasteiger partial charge in [-0.3, -0.25) is 9.59 Å². The van der Waals surface area contributed by atoms with Crippen LogP contribution in [0, 0.1) is 0 Å². The van der Waals surface area contributed by atoms with Crippen LogP contribution in [0.3, 0.4) is 0 Å². The van der Waals surface area contributed by atoms with Crippen molar-refractivity contribution in [2.75, 3.05) is 19.8 Å². The summed E-state index contributed by atoms with van der Waals surface area (Å²) in [5.41, 5.74) is 10.5. The van der Waals surface area contributed by atoms with Crippen LogP contribution < -0.4 is 36.5 Å². The molecule has 6 N–H and O–H groups in total. The van der Waals surface area contributed by atoms with Crippen LogP contribution in [0.5, 0.6) is 17.2 Å². The van der Waals surface area contributed by atoms with Crippen molar-refractivity contribution in [3.8, 4) is 17.2 Å². The summed E-state index contributed by atoms with van der Waals surface area (Å²) >= 11 is 0. The zero-order valence-corrected chi connectivity index (χ0v) is 19.9. The third-order valence-corrected chi connectivity index (χ3v) is 5.06. The summed E-state index contributed by atoms with van der Waals surface area (Å²) in [6.07, 6.45) is -3.40. The van der Waals surface area contributed by atoms with Crippen LogP contribution in [0.2, 0.25) is 0 Å². The van der Waals surface area contributed by atoms with Crippen LogP contribution in [0.25, 0.3) is 0 Å². The summed E-state index contributed by atoms with van der Waals surface area (Å²) in [5.74, 6) is -1.81. The molecule has 0 heterocycles. The normalized spacial score (nSPS) is 12.9. The van der Waals surface area contributed by atoms with Gasteiger partial charge in [-0.05, 0) is 54.7 Å². The van der Waals surface area contributed by atoms with Crippen LogP contribution in [-0.2, 0) is 11.2 Å². The minimum absolute atomic E-state index is 0.0370. The molecule has 1 radical (unpaired) electrons. The van der Waals surface area contributed by atoms with Gasteiger partial charge in [0.2, 0.25) is 5.91 Å². The summed E-state index contributed by atoms with van der Waals surface area (Å²) in [5, 5.41) is 12.2. The number of nitrogens with two attached hydrogens (primary N) is 2. The van der Waals surface area contributed by atoms with E-state index in [1.165, 1.54) is 6.92 Å². The maximum absolute atomic E-state index is 12.7. The molecule has 0 saturated heterocycles. The van der Waals surface area contributed by atoms with Crippen LogP contribution in [0.1, 0.15) is 36.2 Å². The number of rotatable bonds is 13. The van der Waals surface area contributed by atoms with Gasteiger partial charge in [-0.25, -0.2) is 0 Å². The number of primary amides is 1. The van der Waals surface area contributed by atoms with Gasteiger partial charge < -0.3 is 36.0 Å². The van der Waals surface area contributed by atoms with E-state index in [0.717, 1.165) is 43.7 Å². The topological polar surface area (TPSA) is 146 Å². The van der Waals surface area contributed by atoms with Crippen LogP contribution in [-0.4, -0.2) is 56.0 Å². The van der Waals surface area contributed by atoms with Crippen LogP contribution >= 0.6 is 0 Å². The lowest BCUT2D eigenvalue weighted by atomic mass is 9.81. The third kappa shape index (κ3) is 7.78. The molecule has 1 atom stereocenters. The highest BCUT2D eigenvalue weighted by Gasteiger charge is 2.35. The Kier molecular flexibility index (Phi) is 9.99. The van der Waals surface area contributed by atoms with Crippen molar-refractivity contribution >= 4 is 24.8 Å². The Morgan fingerprint density at radius 3 is 2.31 bits per heavy atom. The Hall–Kier alpha value is -3.45. The van der Waals surface area contributed by atoms with E-state index in [-0.39, 0.29) is 30.2 Å². The monoisotopic (exact) mass is 510 g/mol. The maximum Gasteiger partial charge on any atom is 0.573 e. The van der Waals surface area contributed by atoms with Gasteiger partial charge in [-0.2, -0.15) is 0 Å². The fourth-order valence-electron chi connectivity index (χ4n) is 3.19. The second kappa shape index (κ2) is 12.5. The van der Waals surface area contributed by atoms with Crippen molar-refractivity contribution in [1.82, 2.24) is 5.32 Å². The molecule has 0 spiro atoms. The molecule has 0 aliphatic rings. The Labute approximate surface area is 207 Å². The lowest BCUT2D eigenvalue weighted by Gasteiger charge is -2.28. The highest BCUT2D eigenvalue weighted by Crippen LogP contribution is 2.28. The molecule has 0 aromatic heterocycles. The van der Waals surface area contributed by atoms with Gasteiger partial charge in [0.15, 0.2) is 17.0 Å².